The number of amides is 1. The van der Waals surface area contributed by atoms with E-state index in [1.165, 1.54) is 12.8 Å². The fourth-order valence-electron chi connectivity index (χ4n) is 5.73. The van der Waals surface area contributed by atoms with Crippen LogP contribution < -0.4 is 32.1 Å². The van der Waals surface area contributed by atoms with Gasteiger partial charge in [-0.2, -0.15) is 0 Å². The van der Waals surface area contributed by atoms with Crippen LogP contribution in [0.1, 0.15) is 64.2 Å². The molecule has 2 saturated heterocycles. The summed E-state index contributed by atoms with van der Waals surface area (Å²) >= 11 is 0. The Morgan fingerprint density at radius 1 is 0.933 bits per heavy atom. The summed E-state index contributed by atoms with van der Waals surface area (Å²) in [5.74, 6) is 1.25. The number of hydrazine groups is 1. The molecule has 172 valence electrons. The fraction of sp³-hybridized carbons (Fsp3) is 0.955. The Balaban J connectivity index is 1.14. The summed E-state index contributed by atoms with van der Waals surface area (Å²) in [6, 6.07) is 0.390. The molecule has 4 rings (SSSR count). The van der Waals surface area contributed by atoms with Gasteiger partial charge in [-0.15, -0.1) is 0 Å². The summed E-state index contributed by atoms with van der Waals surface area (Å²) in [6.45, 7) is 3.71. The molecule has 6 unspecified atom stereocenters. The van der Waals surface area contributed by atoms with Crippen molar-refractivity contribution in [3.63, 3.8) is 0 Å². The van der Waals surface area contributed by atoms with Gasteiger partial charge in [0.2, 0.25) is 5.91 Å². The second kappa shape index (κ2) is 11.2. The largest absolute Gasteiger partial charge is 0.356 e. The van der Waals surface area contributed by atoms with E-state index < -0.39 is 6.17 Å². The molecule has 2 aliphatic heterocycles. The summed E-state index contributed by atoms with van der Waals surface area (Å²) in [7, 11) is 0. The molecule has 0 bridgehead atoms. The second-order valence-electron chi connectivity index (χ2n) is 9.92. The van der Waals surface area contributed by atoms with Crippen molar-refractivity contribution in [2.24, 2.45) is 17.8 Å². The highest BCUT2D eigenvalue weighted by Gasteiger charge is 2.32. The van der Waals surface area contributed by atoms with Crippen LogP contribution in [0.25, 0.3) is 0 Å². The van der Waals surface area contributed by atoms with Gasteiger partial charge in [-0.05, 0) is 76.3 Å². The molecule has 30 heavy (non-hydrogen) atoms. The van der Waals surface area contributed by atoms with E-state index in [0.717, 1.165) is 58.2 Å². The van der Waals surface area contributed by atoms with Crippen LogP contribution in [0, 0.1) is 17.8 Å². The molecule has 4 fully saturated rings. The predicted molar refractivity (Wildman–Crippen MR) is 116 cm³/mol. The molecule has 2 heterocycles. The summed E-state index contributed by atoms with van der Waals surface area (Å²) in [5, 5.41) is 13.9. The molecule has 0 aromatic heterocycles. The number of nitrogens with one attached hydrogen (secondary N) is 6. The van der Waals surface area contributed by atoms with Gasteiger partial charge in [0.25, 0.3) is 0 Å². The number of hydrogen-bond donors (Lipinski definition) is 6. The third kappa shape index (κ3) is 6.36. The molecule has 8 heteroatoms. The van der Waals surface area contributed by atoms with Crippen LogP contribution in [-0.4, -0.2) is 56.6 Å². The quantitative estimate of drug-likeness (QED) is 0.367. The predicted octanol–water partition coefficient (Wildman–Crippen LogP) is 1.13. The van der Waals surface area contributed by atoms with Gasteiger partial charge in [-0.25, -0.2) is 15.2 Å². The topological polar surface area (TPSA) is 89.2 Å². The third-order valence-corrected chi connectivity index (χ3v) is 7.59. The highest BCUT2D eigenvalue weighted by atomic mass is 19.1. The minimum atomic E-state index is -0.675. The second-order valence-corrected chi connectivity index (χ2v) is 9.92. The molecule has 1 amide bonds. The molecule has 6 atom stereocenters. The number of hydrogen-bond acceptors (Lipinski definition) is 6. The molecule has 0 aromatic carbocycles. The normalized spacial score (nSPS) is 38.4. The summed E-state index contributed by atoms with van der Waals surface area (Å²) in [5.41, 5.74) is 6.81. The van der Waals surface area contributed by atoms with Crippen molar-refractivity contribution in [1.29, 1.82) is 0 Å². The molecule has 6 N–H and O–H groups in total. The van der Waals surface area contributed by atoms with Gasteiger partial charge >= 0.3 is 0 Å². The monoisotopic (exact) mass is 424 g/mol. The van der Waals surface area contributed by atoms with Crippen LogP contribution in [-0.2, 0) is 4.79 Å². The van der Waals surface area contributed by atoms with Gasteiger partial charge in [-0.3, -0.25) is 10.1 Å². The van der Waals surface area contributed by atoms with Crippen molar-refractivity contribution in [3.05, 3.63) is 0 Å². The molecule has 2 aliphatic carbocycles. The molecule has 0 aromatic rings. The third-order valence-electron chi connectivity index (χ3n) is 7.59. The number of rotatable bonds is 7. The van der Waals surface area contributed by atoms with Crippen molar-refractivity contribution in [3.8, 4) is 0 Å². The summed E-state index contributed by atoms with van der Waals surface area (Å²) in [4.78, 5) is 12.7. The first-order chi connectivity index (χ1) is 14.7. The minimum absolute atomic E-state index is 0.0890. The van der Waals surface area contributed by atoms with Gasteiger partial charge in [-0.1, -0.05) is 12.8 Å². The molecule has 0 radical (unpaired) electrons. The average Bonchev–Trinajstić information content (AvgIpc) is 3.26. The lowest BCUT2D eigenvalue weighted by molar-refractivity contribution is -0.126. The first kappa shape index (κ1) is 22.4. The molecule has 4 aliphatic rings. The Morgan fingerprint density at radius 3 is 2.60 bits per heavy atom. The van der Waals surface area contributed by atoms with E-state index in [0.29, 0.717) is 43.4 Å². The van der Waals surface area contributed by atoms with E-state index >= 15 is 0 Å². The van der Waals surface area contributed by atoms with Gasteiger partial charge in [0.05, 0.1) is 12.3 Å². The minimum Gasteiger partial charge on any atom is -0.356 e. The number of carbonyl (C=O) groups is 1. The molecular weight excluding hydrogens is 383 g/mol. The zero-order chi connectivity index (χ0) is 20.8. The van der Waals surface area contributed by atoms with E-state index in [2.05, 4.69) is 32.1 Å². The van der Waals surface area contributed by atoms with E-state index in [9.17, 15) is 9.18 Å². The first-order valence-corrected chi connectivity index (χ1v) is 12.3. The van der Waals surface area contributed by atoms with E-state index in [1.54, 1.807) is 0 Å². The Bertz CT molecular complexity index is 546. The van der Waals surface area contributed by atoms with E-state index in [1.807, 2.05) is 0 Å². The zero-order valence-corrected chi connectivity index (χ0v) is 18.2. The van der Waals surface area contributed by atoms with Crippen molar-refractivity contribution >= 4 is 5.91 Å². The van der Waals surface area contributed by atoms with Crippen molar-refractivity contribution in [2.75, 3.05) is 26.2 Å². The molecule has 2 saturated carbocycles. The van der Waals surface area contributed by atoms with Gasteiger partial charge < -0.3 is 16.0 Å². The summed E-state index contributed by atoms with van der Waals surface area (Å²) in [6.07, 6.45) is 9.70. The van der Waals surface area contributed by atoms with Gasteiger partial charge in [0.15, 0.2) is 0 Å². The van der Waals surface area contributed by atoms with Gasteiger partial charge in [0, 0.05) is 25.0 Å². The number of piperidine rings is 1. The van der Waals surface area contributed by atoms with Crippen molar-refractivity contribution < 1.29 is 9.18 Å². The Labute approximate surface area is 180 Å². The number of alkyl halides is 1. The van der Waals surface area contributed by atoms with E-state index in [-0.39, 0.29) is 18.0 Å². The van der Waals surface area contributed by atoms with Crippen LogP contribution in [0.15, 0.2) is 0 Å². The van der Waals surface area contributed by atoms with Crippen LogP contribution in [0.3, 0.4) is 0 Å². The smallest absolute Gasteiger partial charge is 0.223 e. The Morgan fingerprint density at radius 2 is 1.77 bits per heavy atom. The van der Waals surface area contributed by atoms with Crippen LogP contribution in [0.4, 0.5) is 4.39 Å². The van der Waals surface area contributed by atoms with E-state index in [4.69, 9.17) is 0 Å². The lowest BCUT2D eigenvalue weighted by atomic mass is 9.84. The van der Waals surface area contributed by atoms with Crippen LogP contribution in [0.2, 0.25) is 0 Å². The maximum absolute atomic E-state index is 13.6. The maximum Gasteiger partial charge on any atom is 0.223 e. The lowest BCUT2D eigenvalue weighted by Gasteiger charge is -2.31. The average molecular weight is 425 g/mol. The van der Waals surface area contributed by atoms with Crippen LogP contribution >= 0.6 is 0 Å². The molecular formula is C22H41FN6O. The standard InChI is InChI=1S/C22H41FN6O/c23-18-5-1-3-15(11-18)13-26-22(30)17-4-2-6-19(12-17)25-14-20-27-21(29-28-20)16-7-9-24-10-8-16/h15-21,24-25,27-29H,1-14H2,(H,26,30). The molecule has 7 nitrogen and oxygen atoms in total. The molecule has 0 spiro atoms. The SMILES string of the molecule is O=C(NCC1CCCC(F)C1)C1CCCC(NCC2NNC(C3CCNCC3)N2)C1. The number of carbonyl (C=O) groups excluding carboxylic acids is 1. The Kier molecular flexibility index (Phi) is 8.35. The van der Waals surface area contributed by atoms with Crippen molar-refractivity contribution in [1.82, 2.24) is 32.1 Å². The van der Waals surface area contributed by atoms with Crippen molar-refractivity contribution in [2.45, 2.75) is 88.8 Å². The lowest BCUT2D eigenvalue weighted by Crippen LogP contribution is -2.49. The Hall–Kier alpha value is -0.800. The summed E-state index contributed by atoms with van der Waals surface area (Å²) < 4.78 is 13.6. The maximum atomic E-state index is 13.6. The fourth-order valence-corrected chi connectivity index (χ4v) is 5.73. The number of halogens is 1. The van der Waals surface area contributed by atoms with Gasteiger partial charge in [0.1, 0.15) is 6.17 Å². The zero-order valence-electron chi connectivity index (χ0n) is 18.2. The highest BCUT2D eigenvalue weighted by Crippen LogP contribution is 2.27. The first-order valence-electron chi connectivity index (χ1n) is 12.3. The van der Waals surface area contributed by atoms with Crippen LogP contribution in [0.5, 0.6) is 0 Å². The highest BCUT2D eigenvalue weighted by molar-refractivity contribution is 5.78.